The molecule has 2 aliphatic rings. The van der Waals surface area contributed by atoms with Gasteiger partial charge in [0.2, 0.25) is 0 Å². The summed E-state index contributed by atoms with van der Waals surface area (Å²) in [7, 11) is 0. The van der Waals surface area contributed by atoms with E-state index in [4.69, 9.17) is 0 Å². The van der Waals surface area contributed by atoms with Gasteiger partial charge in [0.15, 0.2) is 0 Å². The molecule has 0 unspecified atom stereocenters. The first-order valence-electron chi connectivity index (χ1n) is 5.68. The Morgan fingerprint density at radius 3 is 1.69 bits per heavy atom. The van der Waals surface area contributed by atoms with Gasteiger partial charge in [-0.15, -0.1) is 0 Å². The number of hydrogen-bond donors (Lipinski definition) is 0. The van der Waals surface area contributed by atoms with E-state index in [1.165, 1.54) is 51.4 Å². The molecule has 0 aromatic rings. The van der Waals surface area contributed by atoms with Crippen LogP contribution in [-0.4, -0.2) is 15.2 Å². The van der Waals surface area contributed by atoms with Crippen molar-refractivity contribution in [2.45, 2.75) is 51.4 Å². The molecule has 0 heterocycles. The topological polar surface area (TPSA) is 0 Å². The van der Waals surface area contributed by atoms with Gasteiger partial charge >= 0.3 is 87.6 Å². The van der Waals surface area contributed by atoms with Gasteiger partial charge in [-0.2, -0.15) is 0 Å². The van der Waals surface area contributed by atoms with E-state index in [9.17, 15) is 0 Å². The molecule has 0 saturated carbocycles. The summed E-state index contributed by atoms with van der Waals surface area (Å²) in [5.41, 5.74) is 0. The van der Waals surface area contributed by atoms with E-state index in [0.29, 0.717) is 15.2 Å². The van der Waals surface area contributed by atoms with Crippen LogP contribution in [0, 0.1) is 0 Å². The molecule has 2 rings (SSSR count). The van der Waals surface area contributed by atoms with Crippen molar-refractivity contribution in [2.75, 3.05) is 0 Å². The monoisotopic (exact) mass is 189 g/mol. The van der Waals surface area contributed by atoms with Gasteiger partial charge in [-0.05, 0) is 0 Å². The van der Waals surface area contributed by atoms with E-state index in [1.54, 1.807) is 8.87 Å². The van der Waals surface area contributed by atoms with Crippen molar-refractivity contribution < 1.29 is 0 Å². The zero-order chi connectivity index (χ0) is 8.93. The van der Waals surface area contributed by atoms with E-state index in [1.807, 2.05) is 0 Å². The fourth-order valence-corrected chi connectivity index (χ4v) is 3.97. The Balaban J connectivity index is 1.88. The van der Waals surface area contributed by atoms with Gasteiger partial charge in [0.05, 0.1) is 0 Å². The van der Waals surface area contributed by atoms with Crippen LogP contribution in [0.15, 0.2) is 21.0 Å². The Morgan fingerprint density at radius 1 is 0.769 bits per heavy atom. The van der Waals surface area contributed by atoms with E-state index < -0.39 is 0 Å². The van der Waals surface area contributed by atoms with Crippen LogP contribution >= 0.6 is 0 Å². The van der Waals surface area contributed by atoms with Crippen LogP contribution in [0.1, 0.15) is 51.4 Å². The SMILES string of the molecule is C1=[C]([Al+][C]2=CCCCC2)CCCC1. The van der Waals surface area contributed by atoms with E-state index >= 15 is 0 Å². The molecule has 0 aliphatic heterocycles. The fourth-order valence-electron chi connectivity index (χ4n) is 2.23. The van der Waals surface area contributed by atoms with Crippen LogP contribution in [-0.2, 0) is 0 Å². The molecule has 0 amide bonds. The summed E-state index contributed by atoms with van der Waals surface area (Å²) < 4.78 is 3.61. The Kier molecular flexibility index (Phi) is 3.70. The van der Waals surface area contributed by atoms with E-state index in [0.717, 1.165) is 0 Å². The molecular weight excluding hydrogens is 171 g/mol. The first kappa shape index (κ1) is 9.56. The zero-order valence-corrected chi connectivity index (χ0v) is 9.54. The predicted octanol–water partition coefficient (Wildman–Crippen LogP) is 3.61. The molecule has 13 heavy (non-hydrogen) atoms. The quantitative estimate of drug-likeness (QED) is 0.582. The molecule has 0 aromatic heterocycles. The summed E-state index contributed by atoms with van der Waals surface area (Å²) in [6, 6.07) is 0. The van der Waals surface area contributed by atoms with Crippen LogP contribution in [0.2, 0.25) is 0 Å². The predicted molar refractivity (Wildman–Crippen MR) is 58.9 cm³/mol. The minimum atomic E-state index is 0.547. The second-order valence-corrected chi connectivity index (χ2v) is 5.97. The van der Waals surface area contributed by atoms with E-state index in [-0.39, 0.29) is 0 Å². The summed E-state index contributed by atoms with van der Waals surface area (Å²) in [5, 5.41) is 0. The molecule has 0 aromatic carbocycles. The molecule has 0 saturated heterocycles. The van der Waals surface area contributed by atoms with Gasteiger partial charge < -0.3 is 0 Å². The number of hydrogen-bond acceptors (Lipinski definition) is 0. The molecule has 2 aliphatic carbocycles. The van der Waals surface area contributed by atoms with Crippen LogP contribution in [0.4, 0.5) is 0 Å². The van der Waals surface area contributed by atoms with Gasteiger partial charge in [-0.3, -0.25) is 0 Å². The van der Waals surface area contributed by atoms with Gasteiger partial charge in [0, 0.05) is 0 Å². The Morgan fingerprint density at radius 2 is 1.31 bits per heavy atom. The third kappa shape index (κ3) is 3.01. The summed E-state index contributed by atoms with van der Waals surface area (Å²) >= 11 is 0.547. The molecule has 0 radical (unpaired) electrons. The molecule has 0 atom stereocenters. The summed E-state index contributed by atoms with van der Waals surface area (Å²) in [5.74, 6) is 0. The third-order valence-corrected chi connectivity index (χ3v) is 4.81. The molecule has 0 bridgehead atoms. The van der Waals surface area contributed by atoms with Crippen LogP contribution in [0.25, 0.3) is 0 Å². The molecule has 1 heteroatoms. The summed E-state index contributed by atoms with van der Waals surface area (Å²) in [6.45, 7) is 0. The molecule has 0 fully saturated rings. The van der Waals surface area contributed by atoms with E-state index in [2.05, 4.69) is 12.2 Å². The van der Waals surface area contributed by atoms with Crippen molar-refractivity contribution in [1.82, 2.24) is 0 Å². The van der Waals surface area contributed by atoms with Gasteiger partial charge in [0.25, 0.3) is 0 Å². The van der Waals surface area contributed by atoms with Crippen molar-refractivity contribution in [3.8, 4) is 0 Å². The molecule has 0 spiro atoms. The average Bonchev–Trinajstić information content (AvgIpc) is 2.21. The Bertz CT molecular complexity index is 201. The van der Waals surface area contributed by atoms with Crippen molar-refractivity contribution >= 4 is 15.2 Å². The summed E-state index contributed by atoms with van der Waals surface area (Å²) in [4.78, 5) is 0. The van der Waals surface area contributed by atoms with Gasteiger partial charge in [-0.25, -0.2) is 0 Å². The average molecular weight is 189 g/mol. The Labute approximate surface area is 87.8 Å². The Hall–Kier alpha value is 0.0125. The molecule has 0 N–H and O–H groups in total. The number of allylic oxidation sites excluding steroid dienone is 4. The second kappa shape index (κ2) is 5.03. The standard InChI is InChI=1S/2C6H9.Al/c2*1-2-4-6-5-3-1;/h2*1H,2,4-6H2;/q;;+1. The first-order chi connectivity index (χ1) is 6.45. The third-order valence-electron chi connectivity index (χ3n) is 3.02. The van der Waals surface area contributed by atoms with Gasteiger partial charge in [0.1, 0.15) is 0 Å². The normalized spacial score (nSPS) is 23.1. The van der Waals surface area contributed by atoms with Crippen LogP contribution < -0.4 is 0 Å². The molecular formula is C12H18Al+. The van der Waals surface area contributed by atoms with Crippen LogP contribution in [0.3, 0.4) is 0 Å². The zero-order valence-electron chi connectivity index (χ0n) is 8.39. The molecule has 68 valence electrons. The number of rotatable bonds is 2. The van der Waals surface area contributed by atoms with Crippen molar-refractivity contribution in [2.24, 2.45) is 0 Å². The second-order valence-electron chi connectivity index (χ2n) is 4.19. The maximum absolute atomic E-state index is 2.52. The van der Waals surface area contributed by atoms with Crippen LogP contribution in [0.5, 0.6) is 0 Å². The minimum absolute atomic E-state index is 0.547. The van der Waals surface area contributed by atoms with Gasteiger partial charge in [-0.1, -0.05) is 0 Å². The molecule has 0 nitrogen and oxygen atoms in total. The maximum atomic E-state index is 2.52. The van der Waals surface area contributed by atoms with Crippen molar-refractivity contribution in [1.29, 1.82) is 0 Å². The first-order valence-corrected chi connectivity index (χ1v) is 6.83. The van der Waals surface area contributed by atoms with Crippen molar-refractivity contribution in [3.05, 3.63) is 21.0 Å². The van der Waals surface area contributed by atoms with Crippen molar-refractivity contribution in [3.63, 3.8) is 0 Å². The summed E-state index contributed by atoms with van der Waals surface area (Å²) in [6.07, 6.45) is 16.3. The fraction of sp³-hybridized carbons (Fsp3) is 0.667.